The summed E-state index contributed by atoms with van der Waals surface area (Å²) in [6.07, 6.45) is 4.63. The number of nitrogens with one attached hydrogen (secondary N) is 1. The average Bonchev–Trinajstić information content (AvgIpc) is 3.05. The molecule has 1 saturated heterocycles. The van der Waals surface area contributed by atoms with Crippen LogP contribution < -0.4 is 5.32 Å². The fourth-order valence-corrected chi connectivity index (χ4v) is 4.04. The molecule has 1 saturated carbocycles. The van der Waals surface area contributed by atoms with Crippen LogP contribution in [0.3, 0.4) is 0 Å². The monoisotopic (exact) mass is 271 g/mol. The van der Waals surface area contributed by atoms with E-state index in [1.54, 1.807) is 0 Å². The van der Waals surface area contributed by atoms with Gasteiger partial charge in [0.05, 0.1) is 12.3 Å². The van der Waals surface area contributed by atoms with Gasteiger partial charge in [0.1, 0.15) is 5.25 Å². The van der Waals surface area contributed by atoms with Crippen molar-refractivity contribution in [2.75, 3.05) is 5.75 Å². The molecule has 3 rings (SSSR count). The number of nitrogens with zero attached hydrogens (tertiary/aromatic N) is 2. The minimum atomic E-state index is -3.10. The molecule has 1 N–H and O–H groups in total. The second-order valence-electron chi connectivity index (χ2n) is 5.04. The first-order valence-corrected chi connectivity index (χ1v) is 8.14. The van der Waals surface area contributed by atoms with Gasteiger partial charge in [0.25, 0.3) is 0 Å². The summed E-state index contributed by atoms with van der Waals surface area (Å²) in [6.45, 7) is 0.532. The van der Waals surface area contributed by atoms with Gasteiger partial charge in [-0.2, -0.15) is 0 Å². The molecule has 1 aromatic heterocycles. The highest BCUT2D eigenvalue weighted by atomic mass is 32.2. The minimum absolute atomic E-state index is 0.232. The van der Waals surface area contributed by atoms with E-state index in [-0.39, 0.29) is 11.6 Å². The van der Waals surface area contributed by atoms with E-state index in [2.05, 4.69) is 15.5 Å². The zero-order valence-electron chi connectivity index (χ0n) is 10.1. The Kier molecular flexibility index (Phi) is 3.11. The van der Waals surface area contributed by atoms with Crippen molar-refractivity contribution >= 4 is 9.84 Å². The molecule has 2 heterocycles. The molecule has 1 unspecified atom stereocenters. The van der Waals surface area contributed by atoms with Gasteiger partial charge in [-0.15, -0.1) is 10.2 Å². The van der Waals surface area contributed by atoms with Crippen molar-refractivity contribution in [1.29, 1.82) is 0 Å². The predicted molar refractivity (Wildman–Crippen MR) is 64.5 cm³/mol. The number of aromatic nitrogens is 2. The summed E-state index contributed by atoms with van der Waals surface area (Å²) in [6, 6.07) is 0.568. The number of hydrogen-bond donors (Lipinski definition) is 1. The second-order valence-corrected chi connectivity index (χ2v) is 7.34. The fourth-order valence-electron chi connectivity index (χ4n) is 2.22. The van der Waals surface area contributed by atoms with Crippen LogP contribution in [0, 0.1) is 0 Å². The van der Waals surface area contributed by atoms with E-state index in [1.807, 2.05) is 0 Å². The Balaban J connectivity index is 1.70. The topological polar surface area (TPSA) is 85.1 Å². The van der Waals surface area contributed by atoms with E-state index in [1.165, 1.54) is 12.8 Å². The molecule has 7 heteroatoms. The van der Waals surface area contributed by atoms with Crippen LogP contribution in [0.4, 0.5) is 0 Å². The van der Waals surface area contributed by atoms with Gasteiger partial charge in [-0.1, -0.05) is 6.42 Å². The maximum Gasteiger partial charge on any atom is 0.234 e. The summed E-state index contributed by atoms with van der Waals surface area (Å²) in [7, 11) is -3.10. The molecule has 18 heavy (non-hydrogen) atoms. The lowest BCUT2D eigenvalue weighted by Gasteiger charge is -2.18. The van der Waals surface area contributed by atoms with Crippen molar-refractivity contribution in [1.82, 2.24) is 15.5 Å². The van der Waals surface area contributed by atoms with E-state index in [4.69, 9.17) is 4.42 Å². The van der Waals surface area contributed by atoms with Crippen LogP contribution in [0.1, 0.15) is 49.1 Å². The van der Waals surface area contributed by atoms with Crippen LogP contribution >= 0.6 is 0 Å². The quantitative estimate of drug-likeness (QED) is 0.878. The maximum atomic E-state index is 11.9. The first-order chi connectivity index (χ1) is 8.65. The summed E-state index contributed by atoms with van der Waals surface area (Å²) in [5, 5.41) is 10.5. The number of hydrogen-bond acceptors (Lipinski definition) is 6. The lowest BCUT2D eigenvalue weighted by atomic mass is 10.2. The largest absolute Gasteiger partial charge is 0.422 e. The molecule has 0 aromatic carbocycles. The molecule has 2 fully saturated rings. The molecule has 1 aliphatic heterocycles. The van der Waals surface area contributed by atoms with Crippen LogP contribution in [-0.4, -0.2) is 30.4 Å². The first kappa shape index (κ1) is 12.1. The fraction of sp³-hybridized carbons (Fsp3) is 0.818. The van der Waals surface area contributed by atoms with Gasteiger partial charge < -0.3 is 9.73 Å². The standard InChI is InChI=1S/C11H17N3O3S/c15-18(16)6-2-1-3-9(18)11-14-13-10(17-11)7-12-8-4-5-8/h8-9,12H,1-7H2. The van der Waals surface area contributed by atoms with Crippen LogP contribution in [0.2, 0.25) is 0 Å². The van der Waals surface area contributed by atoms with Crippen molar-refractivity contribution in [3.8, 4) is 0 Å². The SMILES string of the molecule is O=S1(=O)CCCCC1c1nnc(CNC2CC2)o1. The van der Waals surface area contributed by atoms with Crippen molar-refractivity contribution in [2.24, 2.45) is 0 Å². The minimum Gasteiger partial charge on any atom is -0.422 e. The van der Waals surface area contributed by atoms with Gasteiger partial charge in [0.2, 0.25) is 11.8 Å². The third-order valence-corrected chi connectivity index (χ3v) is 5.62. The van der Waals surface area contributed by atoms with Crippen molar-refractivity contribution in [3.63, 3.8) is 0 Å². The van der Waals surface area contributed by atoms with E-state index in [0.29, 0.717) is 24.9 Å². The van der Waals surface area contributed by atoms with Gasteiger partial charge in [0.15, 0.2) is 9.84 Å². The lowest BCUT2D eigenvalue weighted by molar-refractivity contribution is 0.411. The smallest absolute Gasteiger partial charge is 0.234 e. The predicted octanol–water partition coefficient (Wildman–Crippen LogP) is 0.961. The second kappa shape index (κ2) is 4.62. The molecule has 2 aliphatic rings. The average molecular weight is 271 g/mol. The zero-order chi connectivity index (χ0) is 12.6. The Morgan fingerprint density at radius 1 is 1.22 bits per heavy atom. The van der Waals surface area contributed by atoms with Gasteiger partial charge >= 0.3 is 0 Å². The normalized spacial score (nSPS) is 27.2. The van der Waals surface area contributed by atoms with Crippen molar-refractivity contribution in [3.05, 3.63) is 11.8 Å². The molecule has 0 spiro atoms. The molecule has 1 atom stereocenters. The maximum absolute atomic E-state index is 11.9. The third-order valence-electron chi connectivity index (χ3n) is 3.46. The molecular formula is C11H17N3O3S. The van der Waals surface area contributed by atoms with E-state index in [9.17, 15) is 8.42 Å². The highest BCUT2D eigenvalue weighted by molar-refractivity contribution is 7.91. The Bertz CT molecular complexity index is 521. The van der Waals surface area contributed by atoms with Crippen molar-refractivity contribution in [2.45, 2.75) is 49.9 Å². The van der Waals surface area contributed by atoms with Gasteiger partial charge in [0, 0.05) is 6.04 Å². The number of sulfone groups is 1. The Morgan fingerprint density at radius 3 is 2.78 bits per heavy atom. The molecule has 1 aliphatic carbocycles. The summed E-state index contributed by atoms with van der Waals surface area (Å²) in [5.74, 6) is 0.982. The molecular weight excluding hydrogens is 254 g/mol. The highest BCUT2D eigenvalue weighted by Gasteiger charge is 2.34. The summed E-state index contributed by atoms with van der Waals surface area (Å²) in [4.78, 5) is 0. The van der Waals surface area contributed by atoms with E-state index < -0.39 is 15.1 Å². The van der Waals surface area contributed by atoms with Crippen LogP contribution in [0.15, 0.2) is 4.42 Å². The zero-order valence-corrected chi connectivity index (χ0v) is 10.9. The summed E-state index contributed by atoms with van der Waals surface area (Å²) >= 11 is 0. The van der Waals surface area contributed by atoms with Gasteiger partial charge in [-0.25, -0.2) is 8.42 Å². The first-order valence-electron chi connectivity index (χ1n) is 6.42. The molecule has 0 bridgehead atoms. The van der Waals surface area contributed by atoms with E-state index in [0.717, 1.165) is 12.8 Å². The van der Waals surface area contributed by atoms with E-state index >= 15 is 0 Å². The summed E-state index contributed by atoms with van der Waals surface area (Å²) < 4.78 is 29.3. The lowest BCUT2D eigenvalue weighted by Crippen LogP contribution is -2.21. The Morgan fingerprint density at radius 2 is 2.06 bits per heavy atom. The van der Waals surface area contributed by atoms with Crippen molar-refractivity contribution < 1.29 is 12.8 Å². The molecule has 100 valence electrons. The number of rotatable bonds is 4. The molecule has 0 amide bonds. The Hall–Kier alpha value is -0.950. The van der Waals surface area contributed by atoms with Crippen LogP contribution in [-0.2, 0) is 16.4 Å². The van der Waals surface area contributed by atoms with Gasteiger partial charge in [-0.05, 0) is 25.7 Å². The van der Waals surface area contributed by atoms with Crippen LogP contribution in [0.25, 0.3) is 0 Å². The summed E-state index contributed by atoms with van der Waals surface area (Å²) in [5.41, 5.74) is 0. The Labute approximate surface area is 106 Å². The molecule has 0 radical (unpaired) electrons. The third kappa shape index (κ3) is 2.56. The van der Waals surface area contributed by atoms with Gasteiger partial charge in [-0.3, -0.25) is 0 Å². The molecule has 1 aromatic rings. The molecule has 6 nitrogen and oxygen atoms in total. The van der Waals surface area contributed by atoms with Crippen LogP contribution in [0.5, 0.6) is 0 Å². The highest BCUT2D eigenvalue weighted by Crippen LogP contribution is 2.32.